The molecular formula is C16H19N5O2. The minimum absolute atomic E-state index is 0.311. The van der Waals surface area contributed by atoms with Crippen LogP contribution in [-0.2, 0) is 4.79 Å². The molecule has 7 heteroatoms. The minimum Gasteiger partial charge on any atom is -0.368 e. The molecule has 1 atom stereocenters. The van der Waals surface area contributed by atoms with Crippen LogP contribution < -0.4 is 5.73 Å². The summed E-state index contributed by atoms with van der Waals surface area (Å²) in [4.78, 5) is 38.0. The van der Waals surface area contributed by atoms with Gasteiger partial charge in [-0.2, -0.15) is 0 Å². The summed E-state index contributed by atoms with van der Waals surface area (Å²) in [6.45, 7) is 5.49. The largest absolute Gasteiger partial charge is 0.368 e. The molecule has 2 heterocycles. The van der Waals surface area contributed by atoms with E-state index in [1.807, 2.05) is 6.07 Å². The van der Waals surface area contributed by atoms with Crippen LogP contribution in [0, 0.1) is 6.92 Å². The van der Waals surface area contributed by atoms with Gasteiger partial charge in [-0.15, -0.1) is 0 Å². The zero-order valence-electron chi connectivity index (χ0n) is 13.4. The molecule has 0 bridgehead atoms. The number of aromatic nitrogens is 3. The molecule has 0 saturated carbocycles. The summed E-state index contributed by atoms with van der Waals surface area (Å²) in [5.41, 5.74) is 6.96. The van der Waals surface area contributed by atoms with Crippen LogP contribution in [0.3, 0.4) is 0 Å². The number of primary amides is 1. The summed E-state index contributed by atoms with van der Waals surface area (Å²) in [6, 6.07) is 2.95. The molecule has 2 aromatic heterocycles. The van der Waals surface area contributed by atoms with Crippen molar-refractivity contribution < 1.29 is 9.59 Å². The fourth-order valence-electron chi connectivity index (χ4n) is 2.21. The quantitative estimate of drug-likeness (QED) is 0.893. The van der Waals surface area contributed by atoms with E-state index < -0.39 is 11.9 Å². The van der Waals surface area contributed by atoms with Crippen molar-refractivity contribution in [3.05, 3.63) is 42.0 Å². The Morgan fingerprint density at radius 1 is 1.35 bits per heavy atom. The first-order valence-corrected chi connectivity index (χ1v) is 7.30. The maximum absolute atomic E-state index is 12.6. The van der Waals surface area contributed by atoms with E-state index in [1.165, 1.54) is 11.1 Å². The number of rotatable bonds is 5. The zero-order valence-corrected chi connectivity index (χ0v) is 13.4. The molecule has 0 aliphatic heterocycles. The van der Waals surface area contributed by atoms with E-state index in [4.69, 9.17) is 5.73 Å². The smallest absolute Gasteiger partial charge is 0.257 e. The standard InChI is InChI=1S/C16H19N5O2/c1-4-21(11(3)14(17)22)16(23)13-9-19-15(20-10(13)2)12-6-5-7-18-8-12/h5-9,11H,4H2,1-3H3,(H2,17,22)/t11-/m0/s1. The normalized spacial score (nSPS) is 11.8. The number of nitrogens with two attached hydrogens (primary N) is 1. The maximum atomic E-state index is 12.6. The molecule has 0 aromatic carbocycles. The molecule has 23 heavy (non-hydrogen) atoms. The first kappa shape index (κ1) is 16.5. The monoisotopic (exact) mass is 313 g/mol. The third-order valence-corrected chi connectivity index (χ3v) is 3.61. The second kappa shape index (κ2) is 6.95. The molecule has 2 aromatic rings. The number of amides is 2. The van der Waals surface area contributed by atoms with E-state index in [0.717, 1.165) is 5.56 Å². The van der Waals surface area contributed by atoms with Crippen molar-refractivity contribution in [2.45, 2.75) is 26.8 Å². The fourth-order valence-corrected chi connectivity index (χ4v) is 2.21. The van der Waals surface area contributed by atoms with Gasteiger partial charge in [-0.25, -0.2) is 9.97 Å². The lowest BCUT2D eigenvalue weighted by Gasteiger charge is -2.26. The average molecular weight is 313 g/mol. The van der Waals surface area contributed by atoms with Gasteiger partial charge >= 0.3 is 0 Å². The van der Waals surface area contributed by atoms with Gasteiger partial charge < -0.3 is 10.6 Å². The predicted octanol–water partition coefficient (Wildman–Crippen LogP) is 1.18. The van der Waals surface area contributed by atoms with E-state index in [1.54, 1.807) is 39.2 Å². The zero-order chi connectivity index (χ0) is 17.0. The molecule has 0 saturated heterocycles. The molecule has 0 aliphatic carbocycles. The van der Waals surface area contributed by atoms with Gasteiger partial charge in [0.25, 0.3) is 5.91 Å². The molecule has 7 nitrogen and oxygen atoms in total. The van der Waals surface area contributed by atoms with Crippen LogP contribution in [0.5, 0.6) is 0 Å². The molecule has 0 aliphatic rings. The summed E-state index contributed by atoms with van der Waals surface area (Å²) in [6.07, 6.45) is 4.80. The second-order valence-corrected chi connectivity index (χ2v) is 5.10. The summed E-state index contributed by atoms with van der Waals surface area (Å²) >= 11 is 0. The number of aryl methyl sites for hydroxylation is 1. The van der Waals surface area contributed by atoms with Crippen molar-refractivity contribution in [3.63, 3.8) is 0 Å². The highest BCUT2D eigenvalue weighted by atomic mass is 16.2. The summed E-state index contributed by atoms with van der Waals surface area (Å²) in [7, 11) is 0. The Morgan fingerprint density at radius 2 is 2.09 bits per heavy atom. The first-order valence-electron chi connectivity index (χ1n) is 7.30. The Hall–Kier alpha value is -2.83. The lowest BCUT2D eigenvalue weighted by atomic mass is 10.1. The van der Waals surface area contributed by atoms with E-state index in [9.17, 15) is 9.59 Å². The molecular weight excluding hydrogens is 294 g/mol. The number of carbonyl (C=O) groups is 2. The number of carbonyl (C=O) groups excluding carboxylic acids is 2. The SMILES string of the molecule is CCN(C(=O)c1cnc(-c2cccnc2)nc1C)[C@@H](C)C(N)=O. The summed E-state index contributed by atoms with van der Waals surface area (Å²) in [5.74, 6) is -0.363. The Labute approximate surface area is 134 Å². The molecule has 0 radical (unpaired) electrons. The van der Waals surface area contributed by atoms with Crippen molar-refractivity contribution >= 4 is 11.8 Å². The van der Waals surface area contributed by atoms with Gasteiger partial charge in [0, 0.05) is 30.7 Å². The first-order chi connectivity index (χ1) is 11.0. The molecule has 2 N–H and O–H groups in total. The summed E-state index contributed by atoms with van der Waals surface area (Å²) < 4.78 is 0. The molecule has 0 unspecified atom stereocenters. The topological polar surface area (TPSA) is 102 Å². The van der Waals surface area contributed by atoms with Gasteiger partial charge in [-0.05, 0) is 32.9 Å². The highest BCUT2D eigenvalue weighted by Crippen LogP contribution is 2.16. The number of hydrogen-bond donors (Lipinski definition) is 1. The number of pyridine rings is 1. The third kappa shape index (κ3) is 3.50. The van der Waals surface area contributed by atoms with Gasteiger partial charge in [0.15, 0.2) is 5.82 Å². The van der Waals surface area contributed by atoms with Gasteiger partial charge in [0.2, 0.25) is 5.91 Å². The van der Waals surface area contributed by atoms with Crippen LogP contribution in [-0.4, -0.2) is 44.3 Å². The summed E-state index contributed by atoms with van der Waals surface area (Å²) in [5, 5.41) is 0. The van der Waals surface area contributed by atoms with E-state index in [0.29, 0.717) is 23.6 Å². The highest BCUT2D eigenvalue weighted by molar-refractivity contribution is 5.97. The van der Waals surface area contributed by atoms with Crippen molar-refractivity contribution in [1.29, 1.82) is 0 Å². The van der Waals surface area contributed by atoms with Crippen LogP contribution in [0.2, 0.25) is 0 Å². The van der Waals surface area contributed by atoms with Crippen LogP contribution in [0.4, 0.5) is 0 Å². The van der Waals surface area contributed by atoms with Crippen molar-refractivity contribution in [1.82, 2.24) is 19.9 Å². The van der Waals surface area contributed by atoms with Gasteiger partial charge in [0.05, 0.1) is 11.3 Å². The molecule has 0 spiro atoms. The van der Waals surface area contributed by atoms with Crippen LogP contribution in [0.25, 0.3) is 11.4 Å². The van der Waals surface area contributed by atoms with Crippen LogP contribution in [0.1, 0.15) is 29.9 Å². The van der Waals surface area contributed by atoms with Gasteiger partial charge in [-0.3, -0.25) is 14.6 Å². The van der Waals surface area contributed by atoms with E-state index in [-0.39, 0.29) is 5.91 Å². The molecule has 120 valence electrons. The maximum Gasteiger partial charge on any atom is 0.257 e. The molecule has 0 fully saturated rings. The Bertz CT molecular complexity index is 718. The van der Waals surface area contributed by atoms with Crippen LogP contribution >= 0.6 is 0 Å². The number of likely N-dealkylation sites (N-methyl/N-ethyl adjacent to an activating group) is 1. The lowest BCUT2D eigenvalue weighted by Crippen LogP contribution is -2.46. The van der Waals surface area contributed by atoms with Crippen molar-refractivity contribution in [3.8, 4) is 11.4 Å². The van der Waals surface area contributed by atoms with Crippen molar-refractivity contribution in [2.24, 2.45) is 5.73 Å². The van der Waals surface area contributed by atoms with Crippen molar-refractivity contribution in [2.75, 3.05) is 6.54 Å². The molecule has 2 rings (SSSR count). The Morgan fingerprint density at radius 3 is 2.61 bits per heavy atom. The average Bonchev–Trinajstić information content (AvgIpc) is 2.55. The Kier molecular flexibility index (Phi) is 5.00. The molecule has 2 amide bonds. The van der Waals surface area contributed by atoms with E-state index in [2.05, 4.69) is 15.0 Å². The van der Waals surface area contributed by atoms with Crippen LogP contribution in [0.15, 0.2) is 30.7 Å². The number of nitrogens with zero attached hydrogens (tertiary/aromatic N) is 4. The second-order valence-electron chi connectivity index (χ2n) is 5.10. The minimum atomic E-state index is -0.690. The van der Waals surface area contributed by atoms with Gasteiger partial charge in [-0.1, -0.05) is 0 Å². The number of hydrogen-bond acceptors (Lipinski definition) is 5. The predicted molar refractivity (Wildman–Crippen MR) is 85.4 cm³/mol. The Balaban J connectivity index is 2.33. The third-order valence-electron chi connectivity index (χ3n) is 3.61. The lowest BCUT2D eigenvalue weighted by molar-refractivity contribution is -0.121. The highest BCUT2D eigenvalue weighted by Gasteiger charge is 2.25. The fraction of sp³-hybridized carbons (Fsp3) is 0.312. The van der Waals surface area contributed by atoms with Gasteiger partial charge in [0.1, 0.15) is 6.04 Å². The van der Waals surface area contributed by atoms with E-state index >= 15 is 0 Å².